The number of guanidine groups is 1. The third-order valence-electron chi connectivity index (χ3n) is 4.61. The average Bonchev–Trinajstić information content (AvgIpc) is 2.54. The lowest BCUT2D eigenvalue weighted by Gasteiger charge is -2.35. The molecular weight excluding hydrogens is 284 g/mol. The van der Waals surface area contributed by atoms with Crippen molar-refractivity contribution in [3.63, 3.8) is 0 Å². The summed E-state index contributed by atoms with van der Waals surface area (Å²) in [6.07, 6.45) is 3.40. The molecule has 1 saturated heterocycles. The van der Waals surface area contributed by atoms with Gasteiger partial charge >= 0.3 is 0 Å². The Balaban J connectivity index is 1.72. The molecule has 1 aliphatic heterocycles. The number of aryl methyl sites for hydroxylation is 1. The SMILES string of the molecule is CN=C(NCCc1cccc(C)c1)NC1CCN(C(C)C)CC1. The van der Waals surface area contributed by atoms with Crippen LogP contribution in [0.25, 0.3) is 0 Å². The van der Waals surface area contributed by atoms with Crippen LogP contribution in [0.15, 0.2) is 29.3 Å². The van der Waals surface area contributed by atoms with Crippen molar-refractivity contribution in [2.24, 2.45) is 4.99 Å². The van der Waals surface area contributed by atoms with Gasteiger partial charge in [0.05, 0.1) is 0 Å². The van der Waals surface area contributed by atoms with E-state index < -0.39 is 0 Å². The zero-order chi connectivity index (χ0) is 16.7. The minimum Gasteiger partial charge on any atom is -0.356 e. The van der Waals surface area contributed by atoms with Crippen molar-refractivity contribution in [2.75, 3.05) is 26.7 Å². The fourth-order valence-corrected chi connectivity index (χ4v) is 3.14. The van der Waals surface area contributed by atoms with E-state index in [1.807, 2.05) is 7.05 Å². The predicted octanol–water partition coefficient (Wildman–Crippen LogP) is 2.58. The van der Waals surface area contributed by atoms with E-state index in [9.17, 15) is 0 Å². The highest BCUT2D eigenvalue weighted by molar-refractivity contribution is 5.79. The molecule has 1 aliphatic rings. The maximum Gasteiger partial charge on any atom is 0.191 e. The maximum atomic E-state index is 4.37. The van der Waals surface area contributed by atoms with E-state index in [0.717, 1.165) is 18.9 Å². The van der Waals surface area contributed by atoms with Crippen LogP contribution in [0, 0.1) is 6.92 Å². The number of aliphatic imine (C=N–C) groups is 1. The largest absolute Gasteiger partial charge is 0.356 e. The van der Waals surface area contributed by atoms with Crippen molar-refractivity contribution in [3.05, 3.63) is 35.4 Å². The Labute approximate surface area is 141 Å². The normalized spacial score (nSPS) is 17.5. The summed E-state index contributed by atoms with van der Waals surface area (Å²) in [5.74, 6) is 0.931. The van der Waals surface area contributed by atoms with Crippen LogP contribution in [0.5, 0.6) is 0 Å². The first-order chi connectivity index (χ1) is 11.1. The average molecular weight is 316 g/mol. The summed E-state index contributed by atoms with van der Waals surface area (Å²) < 4.78 is 0. The Morgan fingerprint density at radius 1 is 1.30 bits per heavy atom. The lowest BCUT2D eigenvalue weighted by molar-refractivity contribution is 0.167. The number of hydrogen-bond acceptors (Lipinski definition) is 2. The monoisotopic (exact) mass is 316 g/mol. The zero-order valence-corrected chi connectivity index (χ0v) is 15.1. The molecule has 0 spiro atoms. The molecule has 0 saturated carbocycles. The molecule has 0 unspecified atom stereocenters. The van der Waals surface area contributed by atoms with Gasteiger partial charge in [-0.15, -0.1) is 0 Å². The van der Waals surface area contributed by atoms with Gasteiger partial charge in [0.1, 0.15) is 0 Å². The Kier molecular flexibility index (Phi) is 6.90. The fraction of sp³-hybridized carbons (Fsp3) is 0.632. The minimum atomic E-state index is 0.537. The van der Waals surface area contributed by atoms with Crippen LogP contribution in [0.2, 0.25) is 0 Å². The number of rotatable bonds is 5. The molecule has 128 valence electrons. The third-order valence-corrected chi connectivity index (χ3v) is 4.61. The fourth-order valence-electron chi connectivity index (χ4n) is 3.14. The second-order valence-corrected chi connectivity index (χ2v) is 6.79. The van der Waals surface area contributed by atoms with E-state index in [4.69, 9.17) is 0 Å². The standard InChI is InChI=1S/C19H32N4/c1-15(2)23-12-9-18(10-13-23)22-19(20-4)21-11-8-17-7-5-6-16(3)14-17/h5-7,14-15,18H,8-13H2,1-4H3,(H2,20,21,22). The molecule has 1 aromatic carbocycles. The van der Waals surface area contributed by atoms with Gasteiger partial charge in [-0.3, -0.25) is 4.99 Å². The molecule has 2 rings (SSSR count). The highest BCUT2D eigenvalue weighted by Crippen LogP contribution is 2.12. The number of likely N-dealkylation sites (tertiary alicyclic amines) is 1. The van der Waals surface area contributed by atoms with Crippen LogP contribution < -0.4 is 10.6 Å². The van der Waals surface area contributed by atoms with Crippen molar-refractivity contribution in [2.45, 2.75) is 52.1 Å². The van der Waals surface area contributed by atoms with Crippen molar-refractivity contribution in [1.82, 2.24) is 15.5 Å². The molecule has 2 N–H and O–H groups in total. The molecule has 1 fully saturated rings. The summed E-state index contributed by atoms with van der Waals surface area (Å²) in [5, 5.41) is 7.02. The van der Waals surface area contributed by atoms with Gasteiger partial charge in [-0.05, 0) is 45.6 Å². The van der Waals surface area contributed by atoms with Crippen LogP contribution in [0.3, 0.4) is 0 Å². The Hall–Kier alpha value is -1.55. The smallest absolute Gasteiger partial charge is 0.191 e. The Morgan fingerprint density at radius 3 is 2.65 bits per heavy atom. The lowest BCUT2D eigenvalue weighted by atomic mass is 10.0. The maximum absolute atomic E-state index is 4.37. The molecule has 0 bridgehead atoms. The minimum absolute atomic E-state index is 0.537. The number of benzene rings is 1. The van der Waals surface area contributed by atoms with Crippen LogP contribution in [-0.2, 0) is 6.42 Å². The van der Waals surface area contributed by atoms with Gasteiger partial charge < -0.3 is 15.5 Å². The highest BCUT2D eigenvalue weighted by atomic mass is 15.2. The molecule has 0 amide bonds. The topological polar surface area (TPSA) is 39.7 Å². The summed E-state index contributed by atoms with van der Waals surface area (Å²) in [7, 11) is 1.85. The number of piperidine rings is 1. The Bertz CT molecular complexity index is 502. The van der Waals surface area contributed by atoms with Gasteiger partial charge in [-0.25, -0.2) is 0 Å². The molecule has 1 aromatic rings. The highest BCUT2D eigenvalue weighted by Gasteiger charge is 2.21. The predicted molar refractivity (Wildman–Crippen MR) is 99.1 cm³/mol. The first-order valence-corrected chi connectivity index (χ1v) is 8.85. The van der Waals surface area contributed by atoms with Gasteiger partial charge in [0.2, 0.25) is 0 Å². The van der Waals surface area contributed by atoms with E-state index in [2.05, 4.69) is 65.6 Å². The van der Waals surface area contributed by atoms with Crippen molar-refractivity contribution in [1.29, 1.82) is 0 Å². The molecule has 4 nitrogen and oxygen atoms in total. The summed E-state index contributed by atoms with van der Waals surface area (Å²) in [6.45, 7) is 9.96. The molecule has 0 aliphatic carbocycles. The van der Waals surface area contributed by atoms with Crippen molar-refractivity contribution >= 4 is 5.96 Å². The molecule has 4 heteroatoms. The second kappa shape index (κ2) is 8.92. The molecular formula is C19H32N4. The van der Waals surface area contributed by atoms with E-state index in [1.54, 1.807) is 0 Å². The summed E-state index contributed by atoms with van der Waals surface area (Å²) >= 11 is 0. The molecule has 0 atom stereocenters. The van der Waals surface area contributed by atoms with Crippen molar-refractivity contribution in [3.8, 4) is 0 Å². The van der Waals surface area contributed by atoms with Gasteiger partial charge in [0, 0.05) is 38.8 Å². The van der Waals surface area contributed by atoms with Gasteiger partial charge in [0.15, 0.2) is 5.96 Å². The quantitative estimate of drug-likeness (QED) is 0.648. The number of nitrogens with one attached hydrogen (secondary N) is 2. The zero-order valence-electron chi connectivity index (χ0n) is 15.1. The van der Waals surface area contributed by atoms with Gasteiger partial charge in [-0.1, -0.05) is 29.8 Å². The van der Waals surface area contributed by atoms with Gasteiger partial charge in [0.25, 0.3) is 0 Å². The molecule has 0 aromatic heterocycles. The van der Waals surface area contributed by atoms with Crippen LogP contribution in [0.1, 0.15) is 37.8 Å². The van der Waals surface area contributed by atoms with Gasteiger partial charge in [-0.2, -0.15) is 0 Å². The van der Waals surface area contributed by atoms with E-state index >= 15 is 0 Å². The lowest BCUT2D eigenvalue weighted by Crippen LogP contribution is -2.50. The van der Waals surface area contributed by atoms with E-state index in [0.29, 0.717) is 12.1 Å². The van der Waals surface area contributed by atoms with Crippen LogP contribution >= 0.6 is 0 Å². The third kappa shape index (κ3) is 5.87. The summed E-state index contributed by atoms with van der Waals surface area (Å²) in [6, 6.07) is 9.89. The van der Waals surface area contributed by atoms with E-state index in [-0.39, 0.29) is 0 Å². The van der Waals surface area contributed by atoms with E-state index in [1.165, 1.54) is 37.1 Å². The molecule has 0 radical (unpaired) electrons. The molecule has 23 heavy (non-hydrogen) atoms. The van der Waals surface area contributed by atoms with Crippen LogP contribution in [-0.4, -0.2) is 49.6 Å². The molecule has 1 heterocycles. The number of nitrogens with zero attached hydrogens (tertiary/aromatic N) is 2. The Morgan fingerprint density at radius 2 is 2.04 bits per heavy atom. The number of hydrogen-bond donors (Lipinski definition) is 2. The first-order valence-electron chi connectivity index (χ1n) is 8.85. The van der Waals surface area contributed by atoms with Crippen LogP contribution in [0.4, 0.5) is 0 Å². The summed E-state index contributed by atoms with van der Waals surface area (Å²) in [4.78, 5) is 6.91. The summed E-state index contributed by atoms with van der Waals surface area (Å²) in [5.41, 5.74) is 2.69. The first kappa shape index (κ1) is 17.8. The second-order valence-electron chi connectivity index (χ2n) is 6.79. The van der Waals surface area contributed by atoms with Crippen molar-refractivity contribution < 1.29 is 0 Å².